The van der Waals surface area contributed by atoms with Crippen molar-refractivity contribution < 1.29 is 4.79 Å². The Bertz CT molecular complexity index is 257. The van der Waals surface area contributed by atoms with Gasteiger partial charge in [-0.05, 0) is 39.2 Å². The van der Waals surface area contributed by atoms with Crippen LogP contribution in [0.25, 0.3) is 0 Å². The van der Waals surface area contributed by atoms with Gasteiger partial charge in [-0.3, -0.25) is 4.79 Å². The molecule has 16 heavy (non-hydrogen) atoms. The largest absolute Gasteiger partial charge is 0.353 e. The van der Waals surface area contributed by atoms with Gasteiger partial charge in [-0.15, -0.1) is 12.4 Å². The molecule has 0 radical (unpaired) electrons. The van der Waals surface area contributed by atoms with Gasteiger partial charge in [-0.25, -0.2) is 0 Å². The lowest BCUT2D eigenvalue weighted by molar-refractivity contribution is -0.134. The van der Waals surface area contributed by atoms with E-state index >= 15 is 0 Å². The summed E-state index contributed by atoms with van der Waals surface area (Å²) in [5.41, 5.74) is -0.0808. The molecular weight excluding hydrogens is 224 g/mol. The first-order valence-electron chi connectivity index (χ1n) is 6.17. The number of halogens is 1. The summed E-state index contributed by atoms with van der Waals surface area (Å²) in [6.45, 7) is 5.99. The molecule has 0 bridgehead atoms. The van der Waals surface area contributed by atoms with Gasteiger partial charge >= 0.3 is 0 Å². The molecule has 2 N–H and O–H groups in total. The highest BCUT2D eigenvalue weighted by Crippen LogP contribution is 2.43. The van der Waals surface area contributed by atoms with Gasteiger partial charge in [-0.1, -0.05) is 12.8 Å². The fourth-order valence-corrected chi connectivity index (χ4v) is 3.10. The zero-order chi connectivity index (χ0) is 10.9. The summed E-state index contributed by atoms with van der Waals surface area (Å²) in [6, 6.07) is 0.259. The first-order chi connectivity index (χ1) is 7.15. The van der Waals surface area contributed by atoms with E-state index in [0.717, 1.165) is 19.5 Å². The zero-order valence-electron chi connectivity index (χ0n) is 10.2. The fourth-order valence-electron chi connectivity index (χ4n) is 3.10. The summed E-state index contributed by atoms with van der Waals surface area (Å²) < 4.78 is 0. The predicted molar refractivity (Wildman–Crippen MR) is 67.8 cm³/mol. The van der Waals surface area contributed by atoms with Crippen molar-refractivity contribution in [2.45, 2.75) is 45.6 Å². The Morgan fingerprint density at radius 3 is 2.88 bits per heavy atom. The van der Waals surface area contributed by atoms with Crippen LogP contribution in [-0.4, -0.2) is 25.0 Å². The standard InChI is InChI=1S/C12H22N2O.ClH/c1-9(2)14-11(15)12-6-4-3-5-10(12)7-13-8-12;/h9-10,13H,3-8H2,1-2H3,(H,14,15);1H/t10-,12+;/m0./s1. The second kappa shape index (κ2) is 5.37. The van der Waals surface area contributed by atoms with E-state index in [1.165, 1.54) is 19.3 Å². The number of hydrogen-bond acceptors (Lipinski definition) is 2. The minimum absolute atomic E-state index is 0. The van der Waals surface area contributed by atoms with E-state index in [4.69, 9.17) is 0 Å². The molecular formula is C12H23ClN2O. The van der Waals surface area contributed by atoms with Crippen LogP contribution in [0.3, 0.4) is 0 Å². The van der Waals surface area contributed by atoms with Gasteiger partial charge in [0.1, 0.15) is 0 Å². The number of carbonyl (C=O) groups is 1. The first kappa shape index (κ1) is 13.8. The normalized spacial score (nSPS) is 33.1. The highest BCUT2D eigenvalue weighted by Gasteiger charge is 2.49. The summed E-state index contributed by atoms with van der Waals surface area (Å²) in [7, 11) is 0. The molecule has 0 spiro atoms. The smallest absolute Gasteiger partial charge is 0.228 e. The monoisotopic (exact) mass is 246 g/mol. The minimum atomic E-state index is -0.0808. The molecule has 94 valence electrons. The van der Waals surface area contributed by atoms with E-state index in [9.17, 15) is 4.79 Å². The Morgan fingerprint density at radius 2 is 2.19 bits per heavy atom. The first-order valence-corrected chi connectivity index (χ1v) is 6.17. The molecule has 1 aliphatic carbocycles. The van der Waals surface area contributed by atoms with Crippen LogP contribution in [0.2, 0.25) is 0 Å². The molecule has 2 rings (SSSR count). The zero-order valence-corrected chi connectivity index (χ0v) is 11.0. The molecule has 1 amide bonds. The van der Waals surface area contributed by atoms with Crippen molar-refractivity contribution in [2.75, 3.05) is 13.1 Å². The summed E-state index contributed by atoms with van der Waals surface area (Å²) in [6.07, 6.45) is 4.80. The Labute approximate surface area is 104 Å². The molecule has 1 saturated carbocycles. The maximum Gasteiger partial charge on any atom is 0.228 e. The Kier molecular flexibility index (Phi) is 4.62. The molecule has 0 aromatic carbocycles. The second-order valence-corrected chi connectivity index (χ2v) is 5.36. The molecule has 0 unspecified atom stereocenters. The molecule has 1 heterocycles. The van der Waals surface area contributed by atoms with Crippen LogP contribution in [0.15, 0.2) is 0 Å². The van der Waals surface area contributed by atoms with Gasteiger partial charge in [0.2, 0.25) is 5.91 Å². The highest BCUT2D eigenvalue weighted by molar-refractivity contribution is 5.85. The third-order valence-electron chi connectivity index (χ3n) is 3.91. The van der Waals surface area contributed by atoms with Crippen molar-refractivity contribution in [3.8, 4) is 0 Å². The summed E-state index contributed by atoms with van der Waals surface area (Å²) in [5, 5.41) is 6.49. The highest BCUT2D eigenvalue weighted by atomic mass is 35.5. The predicted octanol–water partition coefficient (Wildman–Crippen LogP) is 1.71. The van der Waals surface area contributed by atoms with Crippen molar-refractivity contribution in [3.63, 3.8) is 0 Å². The van der Waals surface area contributed by atoms with E-state index in [1.54, 1.807) is 0 Å². The summed E-state index contributed by atoms with van der Waals surface area (Å²) in [5.74, 6) is 0.859. The van der Waals surface area contributed by atoms with Crippen LogP contribution in [0.1, 0.15) is 39.5 Å². The molecule has 1 saturated heterocycles. The van der Waals surface area contributed by atoms with Crippen LogP contribution in [0, 0.1) is 11.3 Å². The molecule has 2 atom stereocenters. The molecule has 0 aromatic rings. The van der Waals surface area contributed by atoms with E-state index in [1.807, 2.05) is 13.8 Å². The fraction of sp³-hybridized carbons (Fsp3) is 0.917. The number of nitrogens with one attached hydrogen (secondary N) is 2. The third-order valence-corrected chi connectivity index (χ3v) is 3.91. The van der Waals surface area contributed by atoms with Crippen LogP contribution in [-0.2, 0) is 4.79 Å². The SMILES string of the molecule is CC(C)NC(=O)[C@@]12CCCC[C@H]1CNC2.Cl. The van der Waals surface area contributed by atoms with Gasteiger partial charge in [0.25, 0.3) is 0 Å². The van der Waals surface area contributed by atoms with Gasteiger partial charge in [0.05, 0.1) is 5.41 Å². The molecule has 4 heteroatoms. The molecule has 1 aliphatic heterocycles. The number of fused-ring (bicyclic) bond motifs is 1. The quantitative estimate of drug-likeness (QED) is 0.779. The number of carbonyl (C=O) groups excluding carboxylic acids is 1. The van der Waals surface area contributed by atoms with Crippen molar-refractivity contribution >= 4 is 18.3 Å². The Morgan fingerprint density at radius 1 is 1.44 bits per heavy atom. The molecule has 2 aliphatic rings. The topological polar surface area (TPSA) is 41.1 Å². The van der Waals surface area contributed by atoms with Crippen molar-refractivity contribution in [2.24, 2.45) is 11.3 Å². The minimum Gasteiger partial charge on any atom is -0.353 e. The second-order valence-electron chi connectivity index (χ2n) is 5.36. The van der Waals surface area contributed by atoms with Gasteiger partial charge in [-0.2, -0.15) is 0 Å². The summed E-state index contributed by atoms with van der Waals surface area (Å²) in [4.78, 5) is 12.3. The van der Waals surface area contributed by atoms with E-state index < -0.39 is 0 Å². The number of rotatable bonds is 2. The van der Waals surface area contributed by atoms with Gasteiger partial charge in [0, 0.05) is 12.6 Å². The maximum atomic E-state index is 12.3. The molecule has 3 nitrogen and oxygen atoms in total. The third kappa shape index (κ3) is 2.35. The van der Waals surface area contributed by atoms with Crippen LogP contribution < -0.4 is 10.6 Å². The van der Waals surface area contributed by atoms with Crippen molar-refractivity contribution in [3.05, 3.63) is 0 Å². The van der Waals surface area contributed by atoms with Crippen LogP contribution in [0.4, 0.5) is 0 Å². The average molecular weight is 247 g/mol. The lowest BCUT2D eigenvalue weighted by atomic mass is 9.67. The molecule has 2 fully saturated rings. The Balaban J connectivity index is 0.00000128. The van der Waals surface area contributed by atoms with E-state index in [2.05, 4.69) is 10.6 Å². The summed E-state index contributed by atoms with van der Waals surface area (Å²) >= 11 is 0. The van der Waals surface area contributed by atoms with Crippen molar-refractivity contribution in [1.29, 1.82) is 0 Å². The average Bonchev–Trinajstić information content (AvgIpc) is 2.61. The van der Waals surface area contributed by atoms with Crippen LogP contribution >= 0.6 is 12.4 Å². The van der Waals surface area contributed by atoms with Gasteiger partial charge in [0.15, 0.2) is 0 Å². The van der Waals surface area contributed by atoms with Gasteiger partial charge < -0.3 is 10.6 Å². The Hall–Kier alpha value is -0.280. The van der Waals surface area contributed by atoms with Crippen molar-refractivity contribution in [1.82, 2.24) is 10.6 Å². The number of hydrogen-bond donors (Lipinski definition) is 2. The lowest BCUT2D eigenvalue weighted by Crippen LogP contribution is -2.49. The molecule has 0 aromatic heterocycles. The van der Waals surface area contributed by atoms with E-state index in [-0.39, 0.29) is 29.8 Å². The lowest BCUT2D eigenvalue weighted by Gasteiger charge is -2.37. The number of amides is 1. The maximum absolute atomic E-state index is 12.3. The van der Waals surface area contributed by atoms with Crippen LogP contribution in [0.5, 0.6) is 0 Å². The van der Waals surface area contributed by atoms with E-state index in [0.29, 0.717) is 5.92 Å².